The molecule has 4 rings (SSSR count). The Labute approximate surface area is 158 Å². The number of nitrogens with zero attached hydrogens (tertiary/aromatic N) is 1. The number of anilines is 1. The maximum Gasteiger partial charge on any atom is 0.260 e. The van der Waals surface area contributed by atoms with Crippen molar-refractivity contribution in [3.63, 3.8) is 0 Å². The van der Waals surface area contributed by atoms with E-state index in [1.807, 2.05) is 42.5 Å². The van der Waals surface area contributed by atoms with Gasteiger partial charge in [-0.15, -0.1) is 0 Å². The van der Waals surface area contributed by atoms with Gasteiger partial charge in [-0.25, -0.2) is 0 Å². The van der Waals surface area contributed by atoms with Gasteiger partial charge < -0.3 is 19.7 Å². The van der Waals surface area contributed by atoms with Crippen LogP contribution in [0, 0.1) is 0 Å². The minimum Gasteiger partial charge on any atom is -0.484 e. The van der Waals surface area contributed by atoms with Crippen LogP contribution in [-0.4, -0.2) is 43.0 Å². The highest BCUT2D eigenvalue weighted by Crippen LogP contribution is 2.27. The van der Waals surface area contributed by atoms with E-state index in [9.17, 15) is 9.59 Å². The van der Waals surface area contributed by atoms with Crippen LogP contribution in [0.25, 0.3) is 0 Å². The molecule has 6 heteroatoms. The second kappa shape index (κ2) is 7.80. The van der Waals surface area contributed by atoms with Crippen LogP contribution in [0.3, 0.4) is 0 Å². The van der Waals surface area contributed by atoms with E-state index in [4.69, 9.17) is 9.47 Å². The van der Waals surface area contributed by atoms with E-state index < -0.39 is 0 Å². The molecular weight excluding hydrogens is 344 g/mol. The van der Waals surface area contributed by atoms with Crippen LogP contribution in [0.4, 0.5) is 5.69 Å². The first-order valence-electron chi connectivity index (χ1n) is 9.19. The number of benzene rings is 2. The Morgan fingerprint density at radius 2 is 2.04 bits per heavy atom. The highest BCUT2D eigenvalue weighted by Gasteiger charge is 2.25. The molecule has 0 aliphatic carbocycles. The van der Waals surface area contributed by atoms with Gasteiger partial charge in [-0.2, -0.15) is 0 Å². The number of nitrogens with one attached hydrogen (secondary N) is 1. The van der Waals surface area contributed by atoms with Gasteiger partial charge in [0.25, 0.3) is 5.91 Å². The lowest BCUT2D eigenvalue weighted by Gasteiger charge is -2.33. The summed E-state index contributed by atoms with van der Waals surface area (Å²) in [6, 6.07) is 15.4. The monoisotopic (exact) mass is 366 g/mol. The van der Waals surface area contributed by atoms with Crippen molar-refractivity contribution in [1.82, 2.24) is 4.90 Å². The summed E-state index contributed by atoms with van der Waals surface area (Å²) in [6.45, 7) is 1.61. The molecule has 2 aromatic carbocycles. The number of carbonyl (C=O) groups is 2. The average molecular weight is 366 g/mol. The Morgan fingerprint density at radius 1 is 1.19 bits per heavy atom. The summed E-state index contributed by atoms with van der Waals surface area (Å²) in [5.41, 5.74) is 2.94. The number of hydrogen-bond acceptors (Lipinski definition) is 4. The van der Waals surface area contributed by atoms with Crippen LogP contribution in [0.5, 0.6) is 5.75 Å². The molecule has 0 spiro atoms. The quantitative estimate of drug-likeness (QED) is 0.903. The number of rotatable bonds is 4. The van der Waals surface area contributed by atoms with E-state index in [-0.39, 0.29) is 24.5 Å². The van der Waals surface area contributed by atoms with Crippen molar-refractivity contribution in [1.29, 1.82) is 0 Å². The molecule has 1 N–H and O–H groups in total. The van der Waals surface area contributed by atoms with Crippen molar-refractivity contribution in [3.05, 3.63) is 59.7 Å². The summed E-state index contributed by atoms with van der Waals surface area (Å²) < 4.78 is 11.5. The first kappa shape index (κ1) is 17.5. The van der Waals surface area contributed by atoms with Crippen molar-refractivity contribution in [2.24, 2.45) is 0 Å². The van der Waals surface area contributed by atoms with Gasteiger partial charge in [0.05, 0.1) is 13.2 Å². The molecule has 0 bridgehead atoms. The first-order valence-corrected chi connectivity index (χ1v) is 9.19. The molecule has 0 saturated carbocycles. The normalized spacial score (nSPS) is 19.2. The lowest BCUT2D eigenvalue weighted by Crippen LogP contribution is -2.44. The van der Waals surface area contributed by atoms with Crippen molar-refractivity contribution >= 4 is 17.5 Å². The number of morpholine rings is 1. The Balaban J connectivity index is 1.34. The van der Waals surface area contributed by atoms with Gasteiger partial charge in [0.1, 0.15) is 11.9 Å². The topological polar surface area (TPSA) is 67.9 Å². The summed E-state index contributed by atoms with van der Waals surface area (Å²) in [4.78, 5) is 25.8. The second-order valence-electron chi connectivity index (χ2n) is 6.77. The van der Waals surface area contributed by atoms with Gasteiger partial charge >= 0.3 is 0 Å². The summed E-state index contributed by atoms with van der Waals surface area (Å²) in [5, 5.41) is 2.84. The molecule has 2 aliphatic rings. The van der Waals surface area contributed by atoms with Gasteiger partial charge in [0.2, 0.25) is 5.91 Å². The molecule has 1 fully saturated rings. The zero-order valence-corrected chi connectivity index (χ0v) is 15.0. The third-order valence-corrected chi connectivity index (χ3v) is 4.93. The van der Waals surface area contributed by atoms with E-state index in [1.165, 1.54) is 0 Å². The summed E-state index contributed by atoms with van der Waals surface area (Å²) in [5.74, 6) is 0.628. The van der Waals surface area contributed by atoms with Crippen molar-refractivity contribution in [2.45, 2.75) is 18.9 Å². The van der Waals surface area contributed by atoms with Crippen molar-refractivity contribution < 1.29 is 19.1 Å². The molecule has 6 nitrogen and oxygen atoms in total. The molecule has 0 radical (unpaired) electrons. The molecule has 140 valence electrons. The largest absolute Gasteiger partial charge is 0.484 e. The fourth-order valence-electron chi connectivity index (χ4n) is 3.43. The number of aryl methyl sites for hydroxylation is 1. The standard InChI is InChI=1S/C21H22N2O4/c24-20-9-6-16-12-17(7-8-18(16)22-20)27-14-21(25)23-10-11-26-19(13-23)15-4-2-1-3-5-15/h1-5,7-8,12,19H,6,9-11,13-14H2,(H,22,24). The number of ether oxygens (including phenoxy) is 2. The average Bonchev–Trinajstić information content (AvgIpc) is 2.72. The Bertz CT molecular complexity index is 837. The second-order valence-corrected chi connectivity index (χ2v) is 6.77. The van der Waals surface area contributed by atoms with E-state index in [0.29, 0.717) is 38.3 Å². The smallest absolute Gasteiger partial charge is 0.260 e. The lowest BCUT2D eigenvalue weighted by atomic mass is 10.0. The zero-order valence-electron chi connectivity index (χ0n) is 15.0. The fourth-order valence-corrected chi connectivity index (χ4v) is 3.43. The maximum atomic E-state index is 12.6. The maximum absolute atomic E-state index is 12.6. The number of amides is 2. The Hall–Kier alpha value is -2.86. The van der Waals surface area contributed by atoms with E-state index >= 15 is 0 Å². The zero-order chi connectivity index (χ0) is 18.6. The SMILES string of the molecule is O=C1CCc2cc(OCC(=O)N3CCOC(c4ccccc4)C3)ccc2N1. The van der Waals surface area contributed by atoms with Crippen LogP contribution < -0.4 is 10.1 Å². The molecule has 1 unspecified atom stereocenters. The predicted octanol–water partition coefficient (Wildman–Crippen LogP) is 2.55. The summed E-state index contributed by atoms with van der Waals surface area (Å²) >= 11 is 0. The molecular formula is C21H22N2O4. The van der Waals surface area contributed by atoms with Crippen LogP contribution in [0.2, 0.25) is 0 Å². The van der Waals surface area contributed by atoms with Crippen LogP contribution in [0.15, 0.2) is 48.5 Å². The Kier molecular flexibility index (Phi) is 5.07. The highest BCUT2D eigenvalue weighted by molar-refractivity contribution is 5.94. The van der Waals surface area contributed by atoms with Crippen molar-refractivity contribution in [2.75, 3.05) is 31.6 Å². The van der Waals surface area contributed by atoms with E-state index in [1.54, 1.807) is 11.0 Å². The van der Waals surface area contributed by atoms with Gasteiger partial charge in [-0.05, 0) is 35.7 Å². The highest BCUT2D eigenvalue weighted by atomic mass is 16.5. The van der Waals surface area contributed by atoms with Gasteiger partial charge in [0, 0.05) is 18.7 Å². The molecule has 2 heterocycles. The summed E-state index contributed by atoms with van der Waals surface area (Å²) in [7, 11) is 0. The molecule has 2 aromatic rings. The van der Waals surface area contributed by atoms with Crippen LogP contribution in [0.1, 0.15) is 23.7 Å². The third kappa shape index (κ3) is 4.11. The minimum absolute atomic E-state index is 0.00729. The summed E-state index contributed by atoms with van der Waals surface area (Å²) in [6.07, 6.45) is 1.06. The minimum atomic E-state index is -0.101. The number of hydrogen-bond donors (Lipinski definition) is 1. The molecule has 1 saturated heterocycles. The van der Waals surface area contributed by atoms with Gasteiger partial charge in [-0.1, -0.05) is 30.3 Å². The van der Waals surface area contributed by atoms with Crippen LogP contribution in [-0.2, 0) is 20.7 Å². The third-order valence-electron chi connectivity index (χ3n) is 4.93. The molecule has 1 atom stereocenters. The fraction of sp³-hybridized carbons (Fsp3) is 0.333. The van der Waals surface area contributed by atoms with Crippen molar-refractivity contribution in [3.8, 4) is 5.75 Å². The molecule has 27 heavy (non-hydrogen) atoms. The first-order chi connectivity index (χ1) is 13.2. The lowest BCUT2D eigenvalue weighted by molar-refractivity contribution is -0.141. The van der Waals surface area contributed by atoms with Gasteiger partial charge in [0.15, 0.2) is 6.61 Å². The predicted molar refractivity (Wildman–Crippen MR) is 101 cm³/mol. The van der Waals surface area contributed by atoms with Gasteiger partial charge in [-0.3, -0.25) is 9.59 Å². The molecule has 2 amide bonds. The Morgan fingerprint density at radius 3 is 2.89 bits per heavy atom. The van der Waals surface area contributed by atoms with E-state index in [2.05, 4.69) is 5.32 Å². The molecule has 2 aliphatic heterocycles. The molecule has 0 aromatic heterocycles. The number of fused-ring (bicyclic) bond motifs is 1. The van der Waals surface area contributed by atoms with Crippen LogP contribution >= 0.6 is 0 Å². The number of carbonyl (C=O) groups excluding carboxylic acids is 2. The van der Waals surface area contributed by atoms with E-state index in [0.717, 1.165) is 16.8 Å².